The average molecular weight is 408 g/mol. The third kappa shape index (κ3) is 4.25. The molecule has 0 bridgehead atoms. The number of hydrogen-bond acceptors (Lipinski definition) is 4. The van der Waals surface area contributed by atoms with E-state index >= 15 is 0 Å². The minimum atomic E-state index is 0.0330. The second-order valence-corrected chi connectivity index (χ2v) is 8.01. The van der Waals surface area contributed by atoms with E-state index in [1.54, 1.807) is 11.8 Å². The molecule has 158 valence electrons. The molecule has 3 heterocycles. The molecule has 0 spiro atoms. The first-order chi connectivity index (χ1) is 14.5. The molecule has 1 fully saturated rings. The van der Waals surface area contributed by atoms with Gasteiger partial charge in [0.2, 0.25) is 0 Å². The maximum atomic E-state index is 13.3. The quantitative estimate of drug-likeness (QED) is 0.675. The van der Waals surface area contributed by atoms with Crippen molar-refractivity contribution in [3.05, 3.63) is 53.5 Å². The standard InChI is InChI=1S/C23H29N5O2/c1-16-20(15-27(2)26-16)21-14-22(25-24-21)23(29)28-12-5-4-8-18(28)11-10-17-7-6-9-19(13-17)30-3/h6-7,9,13-15,18H,4-5,8,10-12H2,1-3H3,(H,24,25)/t18-/m1/s1. The molecule has 1 aliphatic rings. The summed E-state index contributed by atoms with van der Waals surface area (Å²) in [5.74, 6) is 0.908. The molecule has 2 aromatic heterocycles. The van der Waals surface area contributed by atoms with Crippen LogP contribution in [0.2, 0.25) is 0 Å². The molecule has 0 saturated carbocycles. The number of aromatic amines is 1. The number of benzene rings is 1. The molecule has 4 rings (SSSR count). The van der Waals surface area contributed by atoms with Crippen LogP contribution in [0.4, 0.5) is 0 Å². The van der Waals surface area contributed by atoms with Crippen molar-refractivity contribution < 1.29 is 9.53 Å². The smallest absolute Gasteiger partial charge is 0.272 e. The number of nitrogens with zero attached hydrogens (tertiary/aromatic N) is 4. The third-order valence-electron chi connectivity index (χ3n) is 5.89. The van der Waals surface area contributed by atoms with Crippen molar-refractivity contribution in [1.82, 2.24) is 24.9 Å². The Morgan fingerprint density at radius 2 is 2.17 bits per heavy atom. The number of aryl methyl sites for hydroxylation is 3. The lowest BCUT2D eigenvalue weighted by Gasteiger charge is -2.35. The first kappa shape index (κ1) is 20.2. The van der Waals surface area contributed by atoms with E-state index in [9.17, 15) is 4.79 Å². The van der Waals surface area contributed by atoms with Crippen LogP contribution in [0, 0.1) is 6.92 Å². The first-order valence-corrected chi connectivity index (χ1v) is 10.5. The zero-order valence-corrected chi connectivity index (χ0v) is 17.9. The fourth-order valence-electron chi connectivity index (χ4n) is 4.30. The minimum absolute atomic E-state index is 0.0330. The van der Waals surface area contributed by atoms with Gasteiger partial charge in [-0.1, -0.05) is 12.1 Å². The van der Waals surface area contributed by atoms with Crippen LogP contribution >= 0.6 is 0 Å². The van der Waals surface area contributed by atoms with E-state index in [2.05, 4.69) is 27.4 Å². The van der Waals surface area contributed by atoms with Crippen molar-refractivity contribution in [2.45, 2.75) is 45.1 Å². The molecule has 7 heteroatoms. The van der Waals surface area contributed by atoms with Gasteiger partial charge in [-0.3, -0.25) is 14.6 Å². The van der Waals surface area contributed by atoms with Crippen molar-refractivity contribution >= 4 is 5.91 Å². The predicted octanol–water partition coefficient (Wildman–Crippen LogP) is 3.75. The lowest BCUT2D eigenvalue weighted by molar-refractivity contribution is 0.0596. The summed E-state index contributed by atoms with van der Waals surface area (Å²) in [7, 11) is 3.57. The van der Waals surface area contributed by atoms with Crippen molar-refractivity contribution in [2.75, 3.05) is 13.7 Å². The van der Waals surface area contributed by atoms with E-state index in [1.165, 1.54) is 5.56 Å². The van der Waals surface area contributed by atoms with Gasteiger partial charge in [-0.05, 0) is 62.8 Å². The highest BCUT2D eigenvalue weighted by atomic mass is 16.5. The first-order valence-electron chi connectivity index (χ1n) is 10.5. The summed E-state index contributed by atoms with van der Waals surface area (Å²) < 4.78 is 7.09. The van der Waals surface area contributed by atoms with Gasteiger partial charge in [-0.15, -0.1) is 0 Å². The van der Waals surface area contributed by atoms with Gasteiger partial charge >= 0.3 is 0 Å². The molecule has 1 amide bonds. The largest absolute Gasteiger partial charge is 0.497 e. The molecule has 30 heavy (non-hydrogen) atoms. The molecule has 7 nitrogen and oxygen atoms in total. The number of carbonyl (C=O) groups is 1. The zero-order valence-electron chi connectivity index (χ0n) is 17.9. The number of methoxy groups -OCH3 is 1. The summed E-state index contributed by atoms with van der Waals surface area (Å²) in [6.45, 7) is 2.74. The number of hydrogen-bond donors (Lipinski definition) is 1. The highest BCUT2D eigenvalue weighted by Gasteiger charge is 2.28. The summed E-state index contributed by atoms with van der Waals surface area (Å²) in [6, 6.07) is 10.3. The average Bonchev–Trinajstić information content (AvgIpc) is 3.38. The number of rotatable bonds is 6. The number of H-pyrrole nitrogens is 1. The number of amides is 1. The summed E-state index contributed by atoms with van der Waals surface area (Å²) in [5.41, 5.74) is 4.39. The molecular weight excluding hydrogens is 378 g/mol. The number of piperidine rings is 1. The number of ether oxygens (including phenoxy) is 1. The Morgan fingerprint density at radius 3 is 2.93 bits per heavy atom. The van der Waals surface area contributed by atoms with E-state index in [4.69, 9.17) is 4.74 Å². The number of nitrogens with one attached hydrogen (secondary N) is 1. The van der Waals surface area contributed by atoms with Crippen molar-refractivity contribution in [3.8, 4) is 17.0 Å². The summed E-state index contributed by atoms with van der Waals surface area (Å²) in [6.07, 6.45) is 7.05. The van der Waals surface area contributed by atoms with E-state index in [0.29, 0.717) is 5.69 Å². The second kappa shape index (κ2) is 8.73. The van der Waals surface area contributed by atoms with E-state index in [0.717, 1.165) is 61.3 Å². The van der Waals surface area contributed by atoms with Gasteiger partial charge in [-0.2, -0.15) is 10.2 Å². The molecular formula is C23H29N5O2. The lowest BCUT2D eigenvalue weighted by atomic mass is 9.95. The second-order valence-electron chi connectivity index (χ2n) is 8.01. The molecule has 0 radical (unpaired) electrons. The maximum absolute atomic E-state index is 13.3. The van der Waals surface area contributed by atoms with Crippen LogP contribution in [0.1, 0.15) is 47.4 Å². The minimum Gasteiger partial charge on any atom is -0.497 e. The molecule has 0 unspecified atom stereocenters. The lowest BCUT2D eigenvalue weighted by Crippen LogP contribution is -2.44. The highest BCUT2D eigenvalue weighted by molar-refractivity contribution is 5.93. The van der Waals surface area contributed by atoms with Gasteiger partial charge in [0.05, 0.1) is 18.5 Å². The van der Waals surface area contributed by atoms with Crippen LogP contribution < -0.4 is 4.74 Å². The van der Waals surface area contributed by atoms with Crippen molar-refractivity contribution in [2.24, 2.45) is 7.05 Å². The van der Waals surface area contributed by atoms with Gasteiger partial charge < -0.3 is 9.64 Å². The number of carbonyl (C=O) groups excluding carboxylic acids is 1. The van der Waals surface area contributed by atoms with Gasteiger partial charge in [0.15, 0.2) is 0 Å². The van der Waals surface area contributed by atoms with Crippen LogP contribution in [0.3, 0.4) is 0 Å². The van der Waals surface area contributed by atoms with Gasteiger partial charge in [0, 0.05) is 31.4 Å². The zero-order chi connectivity index (χ0) is 21.1. The number of aromatic nitrogens is 4. The van der Waals surface area contributed by atoms with E-state index < -0.39 is 0 Å². The highest BCUT2D eigenvalue weighted by Crippen LogP contribution is 2.26. The van der Waals surface area contributed by atoms with Crippen LogP contribution in [0.25, 0.3) is 11.3 Å². The Morgan fingerprint density at radius 1 is 1.30 bits per heavy atom. The Labute approximate surface area is 177 Å². The van der Waals surface area contributed by atoms with Crippen LogP contribution in [0.15, 0.2) is 36.5 Å². The van der Waals surface area contributed by atoms with Crippen molar-refractivity contribution in [3.63, 3.8) is 0 Å². The number of likely N-dealkylation sites (tertiary alicyclic amines) is 1. The Bertz CT molecular complexity index is 1020. The Hall–Kier alpha value is -3.09. The van der Waals surface area contributed by atoms with Crippen LogP contribution in [0.5, 0.6) is 5.75 Å². The SMILES string of the molecule is COc1cccc(CC[C@H]2CCCCN2C(=O)c2cc(-c3cn(C)nc3C)n[nH]2)c1. The molecule has 1 atom stereocenters. The van der Waals surface area contributed by atoms with Crippen LogP contribution in [-0.2, 0) is 13.5 Å². The van der Waals surface area contributed by atoms with Gasteiger partial charge in [0.1, 0.15) is 11.4 Å². The molecule has 3 aromatic rings. The van der Waals surface area contributed by atoms with Crippen LogP contribution in [-0.4, -0.2) is 50.5 Å². The summed E-state index contributed by atoms with van der Waals surface area (Å²) >= 11 is 0. The topological polar surface area (TPSA) is 76.0 Å². The Kier molecular flexibility index (Phi) is 5.88. The monoisotopic (exact) mass is 407 g/mol. The van der Waals surface area contributed by atoms with Crippen molar-refractivity contribution in [1.29, 1.82) is 0 Å². The van der Waals surface area contributed by atoms with E-state index in [-0.39, 0.29) is 11.9 Å². The third-order valence-corrected chi connectivity index (χ3v) is 5.89. The molecule has 1 saturated heterocycles. The summed E-state index contributed by atoms with van der Waals surface area (Å²) in [5, 5.41) is 11.7. The maximum Gasteiger partial charge on any atom is 0.272 e. The normalized spacial score (nSPS) is 16.6. The summed E-state index contributed by atoms with van der Waals surface area (Å²) in [4.78, 5) is 15.3. The molecule has 0 aliphatic carbocycles. The fourth-order valence-corrected chi connectivity index (χ4v) is 4.30. The predicted molar refractivity (Wildman–Crippen MR) is 116 cm³/mol. The van der Waals surface area contributed by atoms with Gasteiger partial charge in [-0.25, -0.2) is 0 Å². The van der Waals surface area contributed by atoms with Gasteiger partial charge in [0.25, 0.3) is 5.91 Å². The Balaban J connectivity index is 1.47. The fraction of sp³-hybridized carbons (Fsp3) is 0.435. The molecule has 1 aliphatic heterocycles. The molecule has 1 aromatic carbocycles. The molecule has 1 N–H and O–H groups in total. The van der Waals surface area contributed by atoms with E-state index in [1.807, 2.05) is 43.3 Å².